The first-order valence-electron chi connectivity index (χ1n) is 10.1. The molecule has 0 bridgehead atoms. The van der Waals surface area contributed by atoms with E-state index in [1.165, 1.54) is 11.1 Å². The molecule has 7 rings (SSSR count). The maximum atomic E-state index is 11.5. The molecule has 5 fully saturated rings. The fourth-order valence-electron chi connectivity index (χ4n) is 7.81. The minimum absolute atomic E-state index is 0.00807. The van der Waals surface area contributed by atoms with Gasteiger partial charge >= 0.3 is 0 Å². The molecule has 4 aliphatic heterocycles. The first-order chi connectivity index (χ1) is 12.3. The summed E-state index contributed by atoms with van der Waals surface area (Å²) in [5.41, 5.74) is 1.22. The van der Waals surface area contributed by atoms with Crippen molar-refractivity contribution in [2.75, 3.05) is 6.61 Å². The van der Waals surface area contributed by atoms with Gasteiger partial charge in [-0.25, -0.2) is 0 Å². The Morgan fingerprint density at radius 1 is 1.19 bits per heavy atom. The Morgan fingerprint density at radius 3 is 2.77 bits per heavy atom. The van der Waals surface area contributed by atoms with Crippen LogP contribution in [0.25, 0.3) is 0 Å². The van der Waals surface area contributed by atoms with Crippen molar-refractivity contribution in [1.82, 2.24) is 0 Å². The van der Waals surface area contributed by atoms with Crippen LogP contribution < -0.4 is 0 Å². The summed E-state index contributed by atoms with van der Waals surface area (Å²) >= 11 is 0. The van der Waals surface area contributed by atoms with Gasteiger partial charge < -0.3 is 24.1 Å². The normalized spacial score (nSPS) is 63.1. The third kappa shape index (κ3) is 1.15. The van der Waals surface area contributed by atoms with Crippen LogP contribution in [0.4, 0.5) is 0 Å². The third-order valence-corrected chi connectivity index (χ3v) is 9.23. The summed E-state index contributed by atoms with van der Waals surface area (Å²) in [6.45, 7) is 11.4. The molecule has 26 heavy (non-hydrogen) atoms. The van der Waals surface area contributed by atoms with Crippen molar-refractivity contribution in [1.29, 1.82) is 0 Å². The highest BCUT2D eigenvalue weighted by atomic mass is 16.7. The van der Waals surface area contributed by atoms with Gasteiger partial charge in [0.1, 0.15) is 41.9 Å². The zero-order valence-electron chi connectivity index (χ0n) is 15.6. The van der Waals surface area contributed by atoms with Crippen LogP contribution in [0.5, 0.6) is 0 Å². The molecule has 2 saturated carbocycles. The molecule has 3 saturated heterocycles. The number of rotatable bonds is 1. The number of ether oxygens (including phenoxy) is 4. The number of aliphatic hydroxyl groups is 1. The van der Waals surface area contributed by atoms with Crippen molar-refractivity contribution in [3.8, 4) is 0 Å². The molecular formula is C21H26O5. The van der Waals surface area contributed by atoms with E-state index in [1.54, 1.807) is 0 Å². The van der Waals surface area contributed by atoms with Gasteiger partial charge in [-0.2, -0.15) is 0 Å². The Labute approximate surface area is 153 Å². The summed E-state index contributed by atoms with van der Waals surface area (Å²) in [6.07, 6.45) is 2.47. The second-order valence-electron chi connectivity index (χ2n) is 10.0. The van der Waals surface area contributed by atoms with Crippen molar-refractivity contribution in [2.45, 2.75) is 81.3 Å². The van der Waals surface area contributed by atoms with Gasteiger partial charge in [-0.15, -0.1) is 0 Å². The van der Waals surface area contributed by atoms with Crippen LogP contribution in [0, 0.1) is 17.3 Å². The molecule has 7 aliphatic rings. The topological polar surface area (TPSA) is 67.0 Å². The van der Waals surface area contributed by atoms with Gasteiger partial charge in [-0.1, -0.05) is 27.4 Å². The quantitative estimate of drug-likeness (QED) is 0.727. The smallest absolute Gasteiger partial charge is 0.155 e. The van der Waals surface area contributed by atoms with Gasteiger partial charge in [0, 0.05) is 5.41 Å². The lowest BCUT2D eigenvalue weighted by Gasteiger charge is -2.53. The van der Waals surface area contributed by atoms with Crippen molar-refractivity contribution in [3.63, 3.8) is 0 Å². The Kier molecular flexibility index (Phi) is 2.22. The molecule has 0 aromatic carbocycles. The van der Waals surface area contributed by atoms with Crippen LogP contribution >= 0.6 is 0 Å². The largest absolute Gasteiger partial charge is 0.490 e. The maximum Gasteiger partial charge on any atom is 0.155 e. The van der Waals surface area contributed by atoms with E-state index in [1.807, 2.05) is 0 Å². The highest BCUT2D eigenvalue weighted by molar-refractivity contribution is 5.51. The first kappa shape index (κ1) is 15.1. The summed E-state index contributed by atoms with van der Waals surface area (Å²) in [5.74, 6) is 1.49. The Bertz CT molecular complexity index is 817. The van der Waals surface area contributed by atoms with E-state index in [0.717, 1.165) is 25.0 Å². The molecule has 0 radical (unpaired) electrons. The second kappa shape index (κ2) is 3.82. The molecule has 4 heterocycles. The molecule has 2 spiro atoms. The summed E-state index contributed by atoms with van der Waals surface area (Å²) < 4.78 is 24.9. The Morgan fingerprint density at radius 2 is 2.00 bits per heavy atom. The van der Waals surface area contributed by atoms with Crippen molar-refractivity contribution >= 4 is 0 Å². The van der Waals surface area contributed by atoms with Gasteiger partial charge in [-0.3, -0.25) is 0 Å². The summed E-state index contributed by atoms with van der Waals surface area (Å²) in [5, 5.41) is 11.5. The summed E-state index contributed by atoms with van der Waals surface area (Å²) in [6, 6.07) is 0. The van der Waals surface area contributed by atoms with Crippen LogP contribution in [0.1, 0.15) is 40.0 Å². The molecule has 1 N–H and O–H groups in total. The molecule has 0 aromatic rings. The van der Waals surface area contributed by atoms with Gasteiger partial charge in [0.25, 0.3) is 0 Å². The highest BCUT2D eigenvalue weighted by Gasteiger charge is 3.00. The molecular weight excluding hydrogens is 332 g/mol. The number of hydrogen-bond acceptors (Lipinski definition) is 5. The van der Waals surface area contributed by atoms with Gasteiger partial charge in [0.2, 0.25) is 0 Å². The lowest BCUT2D eigenvalue weighted by molar-refractivity contribution is -0.0978. The third-order valence-electron chi connectivity index (χ3n) is 9.23. The van der Waals surface area contributed by atoms with Gasteiger partial charge in [0.05, 0.1) is 6.10 Å². The van der Waals surface area contributed by atoms with E-state index >= 15 is 0 Å². The zero-order chi connectivity index (χ0) is 17.9. The Hall–Kier alpha value is -0.880. The van der Waals surface area contributed by atoms with E-state index in [4.69, 9.17) is 18.9 Å². The van der Waals surface area contributed by atoms with Gasteiger partial charge in [0.15, 0.2) is 5.60 Å². The predicted octanol–water partition coefficient (Wildman–Crippen LogP) is 2.09. The number of epoxide rings is 3. The number of hydrogen-bond donors (Lipinski definition) is 1. The maximum absolute atomic E-state index is 11.5. The van der Waals surface area contributed by atoms with Crippen molar-refractivity contribution in [3.05, 3.63) is 23.5 Å². The lowest BCUT2D eigenvalue weighted by Crippen LogP contribution is -2.69. The first-order valence-corrected chi connectivity index (χ1v) is 10.1. The summed E-state index contributed by atoms with van der Waals surface area (Å²) in [4.78, 5) is 0. The monoisotopic (exact) mass is 358 g/mol. The van der Waals surface area contributed by atoms with E-state index in [0.29, 0.717) is 12.5 Å². The van der Waals surface area contributed by atoms with Crippen LogP contribution in [0.15, 0.2) is 23.5 Å². The minimum Gasteiger partial charge on any atom is -0.490 e. The SMILES string of the molecule is C=C1OCC2=C1CC[C@@]1(C)[C@H]2C[C@@H]2O[C@@]23[C@H](O)[C@@]2(C(C)C)O[C@H]2[C@@H]2O[C@@]231. The fraction of sp³-hybridized carbons (Fsp3) is 0.810. The lowest BCUT2D eigenvalue weighted by atomic mass is 9.46. The van der Waals surface area contributed by atoms with Crippen LogP contribution in [0.3, 0.4) is 0 Å². The average Bonchev–Trinajstić information content (AvgIpc) is 3.47. The van der Waals surface area contributed by atoms with Crippen LogP contribution in [0.2, 0.25) is 0 Å². The highest BCUT2D eigenvalue weighted by Crippen LogP contribution is 2.82. The molecule has 5 nitrogen and oxygen atoms in total. The fourth-order valence-corrected chi connectivity index (χ4v) is 7.81. The van der Waals surface area contributed by atoms with E-state index in [-0.39, 0.29) is 29.6 Å². The number of fused-ring (bicyclic) bond motifs is 4. The molecule has 9 atom stereocenters. The molecule has 0 amide bonds. The zero-order valence-corrected chi connectivity index (χ0v) is 15.6. The van der Waals surface area contributed by atoms with Crippen molar-refractivity contribution in [2.24, 2.45) is 17.3 Å². The predicted molar refractivity (Wildman–Crippen MR) is 91.2 cm³/mol. The molecule has 3 aliphatic carbocycles. The molecule has 5 heteroatoms. The Balaban J connectivity index is 1.39. The standard InChI is InChI=1S/C21H26O5/c1-9(2)19-15(25-19)16-21(26-16)18(4)6-5-11-10(3)23-8-12(11)13(18)7-14-20(21,24-14)17(19)22/h9,13-17,22H,3,5-8H2,1-2,4H3/t13-,14-,15-,16-,17+,18-,19-,20+,21+/m0/s1. The van der Waals surface area contributed by atoms with Crippen LogP contribution in [-0.2, 0) is 18.9 Å². The van der Waals surface area contributed by atoms with E-state index < -0.39 is 22.9 Å². The molecule has 0 unspecified atom stereocenters. The number of allylic oxidation sites excluding steroid dienone is 1. The molecule has 0 aromatic heterocycles. The minimum atomic E-state index is -0.605. The number of aliphatic hydroxyl groups excluding tert-OH is 1. The summed E-state index contributed by atoms with van der Waals surface area (Å²) in [7, 11) is 0. The average molecular weight is 358 g/mol. The molecule has 140 valence electrons. The van der Waals surface area contributed by atoms with Gasteiger partial charge in [-0.05, 0) is 42.2 Å². The second-order valence-corrected chi connectivity index (χ2v) is 10.0. The van der Waals surface area contributed by atoms with E-state index in [2.05, 4.69) is 27.4 Å². The van der Waals surface area contributed by atoms with E-state index in [9.17, 15) is 5.11 Å². The van der Waals surface area contributed by atoms with Crippen LogP contribution in [-0.4, -0.2) is 52.9 Å². The van der Waals surface area contributed by atoms with Crippen molar-refractivity contribution < 1.29 is 24.1 Å².